The van der Waals surface area contributed by atoms with E-state index >= 15 is 0 Å². The molecule has 0 fully saturated rings. The first-order chi connectivity index (χ1) is 9.54. The van der Waals surface area contributed by atoms with Gasteiger partial charge in [-0.1, -0.05) is 18.7 Å². The predicted octanol–water partition coefficient (Wildman–Crippen LogP) is 2.17. The molecule has 0 saturated carbocycles. The highest BCUT2D eigenvalue weighted by Gasteiger charge is 2.07. The van der Waals surface area contributed by atoms with Gasteiger partial charge in [0.1, 0.15) is 6.29 Å². The van der Waals surface area contributed by atoms with Crippen molar-refractivity contribution in [3.8, 4) is 0 Å². The first kappa shape index (κ1) is 15.6. The SMILES string of the molecule is C=C(C)C(=O)OCCCOC(=O)c1ccc(C=O)cc1. The molecule has 0 N–H and O–H groups in total. The van der Waals surface area contributed by atoms with Crippen molar-refractivity contribution in [2.75, 3.05) is 13.2 Å². The fraction of sp³-hybridized carbons (Fsp3) is 0.267. The van der Waals surface area contributed by atoms with Gasteiger partial charge in [0.2, 0.25) is 0 Å². The van der Waals surface area contributed by atoms with Gasteiger partial charge in [-0.3, -0.25) is 4.79 Å². The van der Waals surface area contributed by atoms with Gasteiger partial charge in [-0.15, -0.1) is 0 Å². The number of rotatable bonds is 7. The number of benzene rings is 1. The first-order valence-electron chi connectivity index (χ1n) is 6.09. The minimum absolute atomic E-state index is 0.151. The number of carbonyl (C=O) groups is 3. The van der Waals surface area contributed by atoms with Crippen LogP contribution in [0.3, 0.4) is 0 Å². The third-order valence-electron chi connectivity index (χ3n) is 2.39. The summed E-state index contributed by atoms with van der Waals surface area (Å²) in [4.78, 5) is 33.2. The lowest BCUT2D eigenvalue weighted by Gasteiger charge is -2.06. The third kappa shape index (κ3) is 5.06. The second-order valence-corrected chi connectivity index (χ2v) is 4.15. The fourth-order valence-corrected chi connectivity index (χ4v) is 1.29. The lowest BCUT2D eigenvalue weighted by Crippen LogP contribution is -2.11. The van der Waals surface area contributed by atoms with Crippen LogP contribution in [-0.2, 0) is 14.3 Å². The Morgan fingerprint density at radius 2 is 1.75 bits per heavy atom. The number of hydrogen-bond donors (Lipinski definition) is 0. The second-order valence-electron chi connectivity index (χ2n) is 4.15. The lowest BCUT2D eigenvalue weighted by molar-refractivity contribution is -0.139. The maximum atomic E-state index is 11.6. The van der Waals surface area contributed by atoms with E-state index in [-0.39, 0.29) is 13.2 Å². The van der Waals surface area contributed by atoms with Gasteiger partial charge < -0.3 is 9.47 Å². The van der Waals surface area contributed by atoms with Crippen LogP contribution in [0.1, 0.15) is 34.1 Å². The zero-order valence-electron chi connectivity index (χ0n) is 11.3. The molecule has 0 saturated heterocycles. The van der Waals surface area contributed by atoms with E-state index in [1.54, 1.807) is 6.92 Å². The largest absolute Gasteiger partial charge is 0.462 e. The molecule has 0 aliphatic carbocycles. The third-order valence-corrected chi connectivity index (χ3v) is 2.39. The van der Waals surface area contributed by atoms with Gasteiger partial charge in [0, 0.05) is 17.6 Å². The maximum Gasteiger partial charge on any atom is 0.338 e. The number of aldehydes is 1. The molecule has 20 heavy (non-hydrogen) atoms. The lowest BCUT2D eigenvalue weighted by atomic mass is 10.1. The molecule has 0 atom stereocenters. The number of carbonyl (C=O) groups excluding carboxylic acids is 3. The Hall–Kier alpha value is -2.43. The molecule has 0 spiro atoms. The Labute approximate surface area is 117 Å². The Balaban J connectivity index is 2.27. The normalized spacial score (nSPS) is 9.65. The van der Waals surface area contributed by atoms with E-state index in [0.717, 1.165) is 0 Å². The van der Waals surface area contributed by atoms with Crippen LogP contribution in [0.5, 0.6) is 0 Å². The van der Waals surface area contributed by atoms with E-state index in [0.29, 0.717) is 29.4 Å². The van der Waals surface area contributed by atoms with Gasteiger partial charge in [0.05, 0.1) is 18.8 Å². The van der Waals surface area contributed by atoms with Crippen LogP contribution in [0, 0.1) is 0 Å². The Kier molecular flexibility index (Phi) is 6.16. The molecule has 0 radical (unpaired) electrons. The molecule has 0 aromatic heterocycles. The second kappa shape index (κ2) is 7.89. The van der Waals surface area contributed by atoms with E-state index in [2.05, 4.69) is 6.58 Å². The molecule has 106 valence electrons. The summed E-state index contributed by atoms with van der Waals surface area (Å²) >= 11 is 0. The highest BCUT2D eigenvalue weighted by atomic mass is 16.5. The molecule has 0 amide bonds. The summed E-state index contributed by atoms with van der Waals surface area (Å²) in [5.74, 6) is -0.936. The summed E-state index contributed by atoms with van der Waals surface area (Å²) in [5.41, 5.74) is 1.19. The molecule has 1 aromatic rings. The van der Waals surface area contributed by atoms with Crippen LogP contribution in [0.2, 0.25) is 0 Å². The first-order valence-corrected chi connectivity index (χ1v) is 6.09. The monoisotopic (exact) mass is 276 g/mol. The molecule has 0 heterocycles. The Morgan fingerprint density at radius 1 is 1.15 bits per heavy atom. The topological polar surface area (TPSA) is 69.7 Å². The van der Waals surface area contributed by atoms with Crippen molar-refractivity contribution in [3.05, 3.63) is 47.5 Å². The summed E-state index contributed by atoms with van der Waals surface area (Å²) in [6, 6.07) is 6.12. The molecule has 0 aliphatic rings. The van der Waals surface area contributed by atoms with Crippen molar-refractivity contribution >= 4 is 18.2 Å². The van der Waals surface area contributed by atoms with Crippen LogP contribution in [0.4, 0.5) is 0 Å². The number of hydrogen-bond acceptors (Lipinski definition) is 5. The summed E-state index contributed by atoms with van der Waals surface area (Å²) in [6.07, 6.45) is 1.11. The minimum atomic E-state index is -0.478. The maximum absolute atomic E-state index is 11.6. The molecule has 5 heteroatoms. The Morgan fingerprint density at radius 3 is 2.30 bits per heavy atom. The van der Waals surface area contributed by atoms with Gasteiger partial charge in [-0.25, -0.2) is 9.59 Å². The molecule has 5 nitrogen and oxygen atoms in total. The van der Waals surface area contributed by atoms with E-state index in [1.807, 2.05) is 0 Å². The van der Waals surface area contributed by atoms with Gasteiger partial charge in [-0.2, -0.15) is 0 Å². The zero-order chi connectivity index (χ0) is 15.0. The van der Waals surface area contributed by atoms with Crippen LogP contribution in [0.25, 0.3) is 0 Å². The number of esters is 2. The molecule has 0 aliphatic heterocycles. The predicted molar refractivity (Wildman–Crippen MR) is 72.5 cm³/mol. The average Bonchev–Trinajstić information content (AvgIpc) is 2.46. The standard InChI is InChI=1S/C15H16O5/c1-11(2)14(17)19-8-3-9-20-15(18)13-6-4-12(10-16)5-7-13/h4-7,10H,1,3,8-9H2,2H3. The summed E-state index contributed by atoms with van der Waals surface area (Å²) in [6.45, 7) is 5.33. The number of ether oxygens (including phenoxy) is 2. The van der Waals surface area contributed by atoms with E-state index < -0.39 is 11.9 Å². The van der Waals surface area contributed by atoms with Gasteiger partial charge in [-0.05, 0) is 19.1 Å². The molecular weight excluding hydrogens is 260 g/mol. The average molecular weight is 276 g/mol. The quantitative estimate of drug-likeness (QED) is 0.330. The van der Waals surface area contributed by atoms with Crippen molar-refractivity contribution < 1.29 is 23.9 Å². The van der Waals surface area contributed by atoms with Crippen LogP contribution in [-0.4, -0.2) is 31.4 Å². The van der Waals surface area contributed by atoms with E-state index in [9.17, 15) is 14.4 Å². The Bertz CT molecular complexity index is 502. The molecular formula is C15H16O5. The molecule has 1 aromatic carbocycles. The highest BCUT2D eigenvalue weighted by molar-refractivity contribution is 5.90. The van der Waals surface area contributed by atoms with Crippen LogP contribution in [0.15, 0.2) is 36.4 Å². The van der Waals surface area contributed by atoms with Gasteiger partial charge >= 0.3 is 11.9 Å². The molecule has 0 unspecified atom stereocenters. The van der Waals surface area contributed by atoms with E-state index in [1.165, 1.54) is 24.3 Å². The van der Waals surface area contributed by atoms with Gasteiger partial charge in [0.25, 0.3) is 0 Å². The van der Waals surface area contributed by atoms with Gasteiger partial charge in [0.15, 0.2) is 0 Å². The van der Waals surface area contributed by atoms with Crippen molar-refractivity contribution in [1.29, 1.82) is 0 Å². The van der Waals surface area contributed by atoms with Crippen molar-refractivity contribution in [3.63, 3.8) is 0 Å². The summed E-state index contributed by atoms with van der Waals surface area (Å²) in [7, 11) is 0. The van der Waals surface area contributed by atoms with Crippen molar-refractivity contribution in [2.24, 2.45) is 0 Å². The van der Waals surface area contributed by atoms with Crippen molar-refractivity contribution in [2.45, 2.75) is 13.3 Å². The summed E-state index contributed by atoms with van der Waals surface area (Å²) in [5, 5.41) is 0. The smallest absolute Gasteiger partial charge is 0.338 e. The molecule has 1 rings (SSSR count). The van der Waals surface area contributed by atoms with Crippen LogP contribution < -0.4 is 0 Å². The van der Waals surface area contributed by atoms with Crippen molar-refractivity contribution in [1.82, 2.24) is 0 Å². The minimum Gasteiger partial charge on any atom is -0.462 e. The van der Waals surface area contributed by atoms with Crippen LogP contribution >= 0.6 is 0 Å². The summed E-state index contributed by atoms with van der Waals surface area (Å²) < 4.78 is 9.86. The molecule has 0 bridgehead atoms. The fourth-order valence-electron chi connectivity index (χ4n) is 1.29. The zero-order valence-corrected chi connectivity index (χ0v) is 11.3. The van der Waals surface area contributed by atoms with E-state index in [4.69, 9.17) is 9.47 Å². The highest BCUT2D eigenvalue weighted by Crippen LogP contribution is 2.05.